The van der Waals surface area contributed by atoms with Gasteiger partial charge in [0.15, 0.2) is 0 Å². The molecule has 0 aliphatic carbocycles. The lowest BCUT2D eigenvalue weighted by Gasteiger charge is -2.30. The fourth-order valence-corrected chi connectivity index (χ4v) is 4.51. The van der Waals surface area contributed by atoms with Crippen molar-refractivity contribution < 1.29 is 17.9 Å². The van der Waals surface area contributed by atoms with E-state index in [1.54, 1.807) is 6.07 Å². The van der Waals surface area contributed by atoms with Gasteiger partial charge >= 0.3 is 0 Å². The summed E-state index contributed by atoms with van der Waals surface area (Å²) in [5, 5.41) is 3.28. The largest absolute Gasteiger partial charge is 0.496 e. The molecule has 2 atom stereocenters. The maximum absolute atomic E-state index is 12.7. The van der Waals surface area contributed by atoms with Crippen LogP contribution in [0.3, 0.4) is 0 Å². The Hall–Kier alpha value is -0.540. The molecule has 0 radical (unpaired) electrons. The number of piperidine rings is 1. The molecule has 6 nitrogen and oxygen atoms in total. The highest BCUT2D eigenvalue weighted by Crippen LogP contribution is 2.35. The fourth-order valence-electron chi connectivity index (χ4n) is 2.51. The van der Waals surface area contributed by atoms with Crippen molar-refractivity contribution in [2.24, 2.45) is 0 Å². The second-order valence-electron chi connectivity index (χ2n) is 5.25. The molecule has 1 aliphatic heterocycles. The monoisotopic (exact) mass is 428 g/mol. The van der Waals surface area contributed by atoms with Gasteiger partial charge in [0.05, 0.1) is 18.7 Å². The van der Waals surface area contributed by atoms with Crippen molar-refractivity contribution in [3.63, 3.8) is 0 Å². The average molecular weight is 430 g/mol. The van der Waals surface area contributed by atoms with E-state index in [1.165, 1.54) is 20.3 Å². The second kappa shape index (κ2) is 8.53. The zero-order valence-electron chi connectivity index (χ0n) is 13.3. The Kier molecular flexibility index (Phi) is 7.60. The van der Waals surface area contributed by atoms with Crippen molar-refractivity contribution in [1.82, 2.24) is 10.0 Å². The number of hydrogen-bond acceptors (Lipinski definition) is 5. The number of ether oxygens (including phenoxy) is 2. The van der Waals surface area contributed by atoms with Gasteiger partial charge < -0.3 is 14.8 Å². The van der Waals surface area contributed by atoms with Crippen LogP contribution in [-0.2, 0) is 10.0 Å². The van der Waals surface area contributed by atoms with Gasteiger partial charge in [0.2, 0.25) is 10.0 Å². The molecule has 2 N–H and O–H groups in total. The first-order valence-electron chi connectivity index (χ1n) is 7.06. The fraction of sp³-hybridized carbons (Fsp3) is 0.571. The smallest absolute Gasteiger partial charge is 0.244 e. The lowest BCUT2D eigenvalue weighted by atomic mass is 10.0. The van der Waals surface area contributed by atoms with Crippen LogP contribution in [0.5, 0.6) is 11.5 Å². The predicted octanol–water partition coefficient (Wildman–Crippen LogP) is 2.31. The van der Waals surface area contributed by atoms with E-state index >= 15 is 0 Å². The van der Waals surface area contributed by atoms with Gasteiger partial charge in [-0.05, 0) is 48.3 Å². The van der Waals surface area contributed by atoms with Gasteiger partial charge in [-0.15, -0.1) is 12.4 Å². The van der Waals surface area contributed by atoms with Crippen molar-refractivity contribution in [3.8, 4) is 11.5 Å². The third-order valence-electron chi connectivity index (χ3n) is 3.80. The number of rotatable bonds is 5. The molecule has 1 fully saturated rings. The van der Waals surface area contributed by atoms with Crippen LogP contribution in [0.4, 0.5) is 0 Å². The van der Waals surface area contributed by atoms with Crippen LogP contribution in [0.15, 0.2) is 21.5 Å². The number of halogens is 2. The van der Waals surface area contributed by atoms with Crippen LogP contribution in [-0.4, -0.2) is 41.3 Å². The first kappa shape index (κ1) is 20.5. The third-order valence-corrected chi connectivity index (χ3v) is 5.93. The van der Waals surface area contributed by atoms with Crippen LogP contribution in [0, 0.1) is 0 Å². The van der Waals surface area contributed by atoms with Crippen LogP contribution < -0.4 is 19.5 Å². The Morgan fingerprint density at radius 1 is 1.26 bits per heavy atom. The second-order valence-corrected chi connectivity index (χ2v) is 7.79. The van der Waals surface area contributed by atoms with Gasteiger partial charge in [0, 0.05) is 18.2 Å². The number of sulfonamides is 1. The van der Waals surface area contributed by atoms with Crippen molar-refractivity contribution in [3.05, 3.63) is 16.6 Å². The van der Waals surface area contributed by atoms with E-state index in [0.29, 0.717) is 10.2 Å². The number of hydrogen-bond donors (Lipinski definition) is 2. The quantitative estimate of drug-likeness (QED) is 0.751. The molecule has 1 aromatic rings. The molecule has 9 heteroatoms. The normalized spacial score (nSPS) is 21.4. The molecule has 1 aliphatic rings. The maximum atomic E-state index is 12.7. The molecule has 2 unspecified atom stereocenters. The molecule has 132 valence electrons. The third kappa shape index (κ3) is 4.73. The van der Waals surface area contributed by atoms with E-state index < -0.39 is 10.0 Å². The number of benzene rings is 1. The lowest BCUT2D eigenvalue weighted by molar-refractivity contribution is 0.347. The molecule has 0 aromatic heterocycles. The van der Waals surface area contributed by atoms with Gasteiger partial charge in [-0.1, -0.05) is 0 Å². The molecule has 1 heterocycles. The summed E-state index contributed by atoms with van der Waals surface area (Å²) < 4.78 is 39.2. The molecule has 23 heavy (non-hydrogen) atoms. The molecular weight excluding hydrogens is 408 g/mol. The first-order chi connectivity index (χ1) is 10.4. The Bertz CT molecular complexity index is 642. The van der Waals surface area contributed by atoms with Crippen molar-refractivity contribution in [2.75, 3.05) is 20.8 Å². The summed E-state index contributed by atoms with van der Waals surface area (Å²) in [7, 11) is -0.769. The summed E-state index contributed by atoms with van der Waals surface area (Å²) in [6.45, 7) is 2.89. The van der Waals surface area contributed by atoms with Gasteiger partial charge in [-0.25, -0.2) is 13.1 Å². The highest BCUT2D eigenvalue weighted by molar-refractivity contribution is 9.10. The zero-order chi connectivity index (χ0) is 16.3. The minimum atomic E-state index is -3.70. The van der Waals surface area contributed by atoms with E-state index in [9.17, 15) is 8.42 Å². The minimum Gasteiger partial charge on any atom is -0.496 e. The predicted molar refractivity (Wildman–Crippen MR) is 95.3 cm³/mol. The minimum absolute atomic E-state index is 0. The highest BCUT2D eigenvalue weighted by atomic mass is 79.9. The SMILES string of the molecule is COc1cc(S(=O)(=O)NC2CCCNC2C)c(OC)cc1Br.Cl. The summed E-state index contributed by atoms with van der Waals surface area (Å²) in [5.41, 5.74) is 0. The van der Waals surface area contributed by atoms with Crippen LogP contribution >= 0.6 is 28.3 Å². The average Bonchev–Trinajstić information content (AvgIpc) is 2.48. The summed E-state index contributed by atoms with van der Waals surface area (Å²) >= 11 is 3.33. The number of methoxy groups -OCH3 is 2. The maximum Gasteiger partial charge on any atom is 0.244 e. The zero-order valence-corrected chi connectivity index (χ0v) is 16.5. The Morgan fingerprint density at radius 2 is 1.91 bits per heavy atom. The number of nitrogens with one attached hydrogen (secondary N) is 2. The molecule has 2 rings (SSSR count). The molecule has 1 saturated heterocycles. The van der Waals surface area contributed by atoms with Crippen molar-refractivity contribution >= 4 is 38.4 Å². The van der Waals surface area contributed by atoms with E-state index in [4.69, 9.17) is 9.47 Å². The molecule has 1 aromatic carbocycles. The standard InChI is InChI=1S/C14H21BrN2O4S.ClH/c1-9-11(5-4-6-16-9)17-22(18,19)14-8-12(20-2)10(15)7-13(14)21-3;/h7-9,11,16-17H,4-6H2,1-3H3;1H. The Balaban J connectivity index is 0.00000264. The Morgan fingerprint density at radius 3 is 2.48 bits per heavy atom. The van der Waals surface area contributed by atoms with E-state index in [1.807, 2.05) is 6.92 Å². The van der Waals surface area contributed by atoms with E-state index in [0.717, 1.165) is 19.4 Å². The molecule has 0 bridgehead atoms. The first-order valence-corrected chi connectivity index (χ1v) is 9.34. The van der Waals surface area contributed by atoms with Crippen LogP contribution in [0.1, 0.15) is 19.8 Å². The Labute approximate surface area is 151 Å². The van der Waals surface area contributed by atoms with E-state index in [-0.39, 0.29) is 35.1 Å². The summed E-state index contributed by atoms with van der Waals surface area (Å²) in [6, 6.07) is 3.01. The van der Waals surface area contributed by atoms with E-state index in [2.05, 4.69) is 26.0 Å². The molecule has 0 saturated carbocycles. The van der Waals surface area contributed by atoms with Gasteiger partial charge in [0.25, 0.3) is 0 Å². The highest BCUT2D eigenvalue weighted by Gasteiger charge is 2.29. The van der Waals surface area contributed by atoms with Crippen LogP contribution in [0.25, 0.3) is 0 Å². The van der Waals surface area contributed by atoms with Gasteiger partial charge in [-0.3, -0.25) is 0 Å². The topological polar surface area (TPSA) is 76.7 Å². The van der Waals surface area contributed by atoms with Gasteiger partial charge in [-0.2, -0.15) is 0 Å². The summed E-state index contributed by atoms with van der Waals surface area (Å²) in [6.07, 6.45) is 1.75. The van der Waals surface area contributed by atoms with Crippen LogP contribution in [0.2, 0.25) is 0 Å². The summed E-state index contributed by atoms with van der Waals surface area (Å²) in [5.74, 6) is 0.715. The molecule has 0 spiro atoms. The lowest BCUT2D eigenvalue weighted by Crippen LogP contribution is -2.51. The van der Waals surface area contributed by atoms with Crippen molar-refractivity contribution in [2.45, 2.75) is 36.7 Å². The summed E-state index contributed by atoms with van der Waals surface area (Å²) in [4.78, 5) is 0.0767. The van der Waals surface area contributed by atoms with Crippen molar-refractivity contribution in [1.29, 1.82) is 0 Å². The molecular formula is C14H22BrClN2O4S. The van der Waals surface area contributed by atoms with Gasteiger partial charge in [0.1, 0.15) is 16.4 Å². The molecule has 0 amide bonds.